The number of phenolic OH excluding ortho intramolecular Hbond substituents is 3. The molecule has 18 atom stereocenters. The number of carbonyl (C=O) groups excluding carboxylic acids is 7. The molecule has 6 aromatic rings. The van der Waals surface area contributed by atoms with Crippen molar-refractivity contribution in [1.82, 2.24) is 47.2 Å². The highest BCUT2D eigenvalue weighted by Gasteiger charge is 2.52. The van der Waals surface area contributed by atoms with Gasteiger partial charge in [-0.3, -0.25) is 33.6 Å². The minimum atomic E-state index is -2.36. The average molecular weight is 1690 g/mol. The van der Waals surface area contributed by atoms with E-state index >= 15 is 14.4 Å². The summed E-state index contributed by atoms with van der Waals surface area (Å²) in [6.45, 7) is 5.13. The number of hydrogen-bond acceptors (Lipinski definition) is 29. The Morgan fingerprint density at radius 2 is 1.33 bits per heavy atom. The van der Waals surface area contributed by atoms with Gasteiger partial charge in [0.2, 0.25) is 53.4 Å². The van der Waals surface area contributed by atoms with Crippen molar-refractivity contribution < 1.29 is 113 Å². The van der Waals surface area contributed by atoms with Crippen molar-refractivity contribution in [2.24, 2.45) is 17.4 Å². The number of alkyl halides is 1. The van der Waals surface area contributed by atoms with E-state index in [0.717, 1.165) is 78.5 Å². The highest BCUT2D eigenvalue weighted by Crippen LogP contribution is 2.50. The lowest BCUT2D eigenvalue weighted by molar-refractivity contribution is -0.325. The number of hydrogen-bond donors (Lipinski definition) is 20. The van der Waals surface area contributed by atoms with Crippen LogP contribution in [-0.4, -0.2) is 193 Å². The third-order valence-corrected chi connectivity index (χ3v) is 21.0. The number of fused-ring (bicyclic) bond motifs is 15. The number of nitrogens with zero attached hydrogens (tertiary/aromatic N) is 2. The lowest BCUT2D eigenvalue weighted by Gasteiger charge is -2.46. The Balaban J connectivity index is 1.17. The SMILES string of the molecule is CN[C@@H](CC(C)C)C(=O)NC1C(=O)NC(CC(N)=O)C(=O)NC2C(=O)NC3C(=O)N[C@H](C(=O)NC(C(=O)O)c4cc(O)cc(O)c4-c4cc3ccc4O)[C@H](O)c3ccc(c(Cl)c3)Oc3cc2cc(c3OC2OC(CSc3nc(N)cc(N)n3)C(O)C(O)C2OC2CC(N)(I)C(O)C(C)O2)Oc2ccc(cc2Cl)C1O. The number of amides is 7. The molecule has 1 aromatic heterocycles. The lowest BCUT2D eigenvalue weighted by atomic mass is 9.89. The zero-order valence-electron chi connectivity index (χ0n) is 57.8. The van der Waals surface area contributed by atoms with E-state index in [4.69, 9.17) is 74.6 Å². The molecule has 0 saturated carbocycles. The molecule has 5 aromatic carbocycles. The largest absolute Gasteiger partial charge is 0.508 e. The van der Waals surface area contributed by atoms with Crippen LogP contribution >= 0.6 is 57.6 Å². The molecule has 7 aliphatic rings. The van der Waals surface area contributed by atoms with E-state index in [1.165, 1.54) is 32.2 Å². The fraction of sp³-hybridized carbons (Fsp3) is 0.391. The summed E-state index contributed by atoms with van der Waals surface area (Å²) in [6, 6.07) is 0.608. The molecule has 36 nitrogen and oxygen atoms in total. The Kier molecular flexibility index (Phi) is 24.4. The summed E-state index contributed by atoms with van der Waals surface area (Å²) in [5.41, 5.74) is 21.5. The number of aliphatic carboxylic acids is 1. The molecule has 0 spiro atoms. The third kappa shape index (κ3) is 17.8. The summed E-state index contributed by atoms with van der Waals surface area (Å²) in [7, 11) is 1.47. The highest BCUT2D eigenvalue weighted by molar-refractivity contribution is 14.1. The number of anilines is 2. The van der Waals surface area contributed by atoms with Crippen LogP contribution in [0.2, 0.25) is 10.0 Å². The average Bonchev–Trinajstić information content (AvgIpc) is 0.767. The molecule has 2 saturated heterocycles. The van der Waals surface area contributed by atoms with Gasteiger partial charge in [0.1, 0.15) is 105 Å². The maximum Gasteiger partial charge on any atom is 0.330 e. The number of carboxylic acid groups (broad SMARTS) is 1. The van der Waals surface area contributed by atoms with Gasteiger partial charge < -0.3 is 135 Å². The van der Waals surface area contributed by atoms with Crippen LogP contribution in [0.1, 0.15) is 98.2 Å². The molecule has 2 fully saturated rings. The van der Waals surface area contributed by atoms with Crippen LogP contribution < -0.4 is 74.4 Å². The molecular formula is C69H76Cl2IN13O23S. The standard InChI is InChI=1S/C69H76Cl2IN13O23S/c1-23(2)11-34(77-4)60(95)84-51-53(90)26-6-9-38(32(70)13-26)104-40-15-28-16-41(57(40)108-67-58(107-46-21-69(72,76)59(94)24(3)103-46)56(93)55(92)42(106-67)22-109-68-79-43(73)20-44(74)80-68)105-39-10-7-27(14-33(39)71)54(91)52-65(100)83-50(66(101)102)31-17-29(86)18-37(88)47(31)30-12-25(5-8-36(30)87)48(62(97)85-52)82-63(98)49(28)81-61(96)35(19-45(75)89)78-64(51)99/h5-10,12-18,20,23-24,34-35,42,46,48-56,58-59,67,77,86-88,90-94H,11,19,21-22,76H2,1-4H3,(H2,75,89)(H,78,99)(H,81,96)(H,82,98)(H,83,100)(H,84,95)(H,85,97)(H,101,102)(H4,73,74,79,80)/t24?,34-,35?,42?,46?,48?,49?,50?,51?,52-,53?,54+,55?,56?,58?,59?,67?,69?/m0/s1. The normalized spacial score (nSPS) is 28.1. The van der Waals surface area contributed by atoms with Crippen LogP contribution in [0.15, 0.2) is 90.1 Å². The number of nitrogens with two attached hydrogens (primary N) is 4. The molecule has 11 bridgehead atoms. The van der Waals surface area contributed by atoms with Crippen molar-refractivity contribution in [3.8, 4) is 57.1 Å². The predicted octanol–water partition coefficient (Wildman–Crippen LogP) is 1.23. The molecule has 7 amide bonds. The number of aromatic hydroxyl groups is 3. The quantitative estimate of drug-likeness (QED) is 0.0226. The van der Waals surface area contributed by atoms with Gasteiger partial charge in [-0.05, 0) is 103 Å². The number of thioether (sulfide) groups is 1. The van der Waals surface area contributed by atoms with Crippen molar-refractivity contribution in [2.75, 3.05) is 24.3 Å². The zero-order chi connectivity index (χ0) is 79.1. The van der Waals surface area contributed by atoms with E-state index in [1.54, 1.807) is 0 Å². The second kappa shape index (κ2) is 33.0. The summed E-state index contributed by atoms with van der Waals surface area (Å²) < 4.78 is 38.0. The Labute approximate surface area is 646 Å². The summed E-state index contributed by atoms with van der Waals surface area (Å²) in [4.78, 5) is 126. The molecule has 40 heteroatoms. The number of likely N-dealkylation sites (N-methyl/N-ethyl adjacent to an activating group) is 1. The maximum atomic E-state index is 16.2. The predicted molar refractivity (Wildman–Crippen MR) is 392 cm³/mol. The van der Waals surface area contributed by atoms with Crippen LogP contribution in [0.3, 0.4) is 0 Å². The van der Waals surface area contributed by atoms with Gasteiger partial charge in [0.05, 0.1) is 34.7 Å². The number of phenols is 3. The lowest BCUT2D eigenvalue weighted by Crippen LogP contribution is -2.63. The molecule has 582 valence electrons. The molecular weight excluding hydrogens is 1610 g/mol. The fourth-order valence-electron chi connectivity index (χ4n) is 12.9. The Hall–Kier alpha value is -9.40. The maximum absolute atomic E-state index is 16.2. The van der Waals surface area contributed by atoms with Gasteiger partial charge in [0, 0.05) is 41.0 Å². The Bertz CT molecular complexity index is 4560. The van der Waals surface area contributed by atoms with Gasteiger partial charge in [0.25, 0.3) is 0 Å². The minimum absolute atomic E-state index is 0.00116. The van der Waals surface area contributed by atoms with Gasteiger partial charge in [-0.25, -0.2) is 14.8 Å². The van der Waals surface area contributed by atoms with E-state index in [1.807, 2.05) is 36.4 Å². The number of aliphatic hydroxyl groups is 5. The van der Waals surface area contributed by atoms with E-state index in [2.05, 4.69) is 47.2 Å². The number of ether oxygens (including phenoxy) is 6. The van der Waals surface area contributed by atoms with Gasteiger partial charge in [-0.2, -0.15) is 0 Å². The number of aliphatic hydroxyl groups excluding tert-OH is 5. The number of nitrogen functional groups attached to an aromatic ring is 2. The zero-order valence-corrected chi connectivity index (χ0v) is 62.3. The van der Waals surface area contributed by atoms with Crippen molar-refractivity contribution in [3.63, 3.8) is 0 Å². The number of nitrogens with one attached hydrogen (secondary N) is 7. The summed E-state index contributed by atoms with van der Waals surface area (Å²) in [5, 5.41) is 122. The van der Waals surface area contributed by atoms with Crippen molar-refractivity contribution in [3.05, 3.63) is 123 Å². The van der Waals surface area contributed by atoms with Gasteiger partial charge in [0.15, 0.2) is 35.1 Å². The molecule has 24 N–H and O–H groups in total. The van der Waals surface area contributed by atoms with E-state index < -0.39 is 229 Å². The summed E-state index contributed by atoms with van der Waals surface area (Å²) >= 11 is 17.0. The molecule has 13 rings (SSSR count). The number of primary amides is 1. The van der Waals surface area contributed by atoms with Crippen molar-refractivity contribution in [2.45, 2.75) is 152 Å². The number of benzene rings is 5. The van der Waals surface area contributed by atoms with E-state index in [-0.39, 0.29) is 68.8 Å². The van der Waals surface area contributed by atoms with Gasteiger partial charge in [-0.1, -0.05) is 89.6 Å². The smallest absolute Gasteiger partial charge is 0.330 e. The number of rotatable bonds is 15. The second-order valence-electron chi connectivity index (χ2n) is 26.8. The van der Waals surface area contributed by atoms with Crippen LogP contribution in [-0.2, 0) is 52.6 Å². The third-order valence-electron chi connectivity index (χ3n) is 18.4. The van der Waals surface area contributed by atoms with Crippen molar-refractivity contribution in [1.29, 1.82) is 0 Å². The van der Waals surface area contributed by atoms with Crippen molar-refractivity contribution >= 4 is 117 Å². The van der Waals surface area contributed by atoms with Crippen LogP contribution in [0.4, 0.5) is 11.6 Å². The summed E-state index contributed by atoms with van der Waals surface area (Å²) in [5.74, 6) is -16.4. The highest BCUT2D eigenvalue weighted by atomic mass is 127. The first kappa shape index (κ1) is 80.6. The topological polar surface area (TPSA) is 588 Å². The second-order valence-corrected chi connectivity index (χ2v) is 30.6. The van der Waals surface area contributed by atoms with Crippen LogP contribution in [0, 0.1) is 5.92 Å². The van der Waals surface area contributed by atoms with Gasteiger partial charge in [-0.15, -0.1) is 0 Å². The molecule has 0 aliphatic carbocycles. The molecule has 15 unspecified atom stereocenters. The number of halogens is 3. The fourth-order valence-corrected chi connectivity index (χ4v) is 15.2. The Morgan fingerprint density at radius 3 is 1.93 bits per heavy atom. The minimum Gasteiger partial charge on any atom is -0.508 e. The number of carbonyl (C=O) groups is 8. The van der Waals surface area contributed by atoms with Crippen LogP contribution in [0.5, 0.6) is 46.0 Å². The molecule has 109 heavy (non-hydrogen) atoms. The van der Waals surface area contributed by atoms with E-state index in [9.17, 15) is 69.9 Å². The molecule has 8 heterocycles. The Morgan fingerprint density at radius 1 is 0.725 bits per heavy atom. The number of carboxylic acids is 1. The molecule has 7 aliphatic heterocycles. The first-order chi connectivity index (χ1) is 51.5. The first-order valence-electron chi connectivity index (χ1n) is 33.5. The first-order valence-corrected chi connectivity index (χ1v) is 36.4. The summed E-state index contributed by atoms with van der Waals surface area (Å²) in [6.07, 6.45) is -18.5. The number of aromatic nitrogens is 2. The molecule has 0 radical (unpaired) electrons. The van der Waals surface area contributed by atoms with E-state index in [0.29, 0.717) is 0 Å². The monoisotopic (exact) mass is 1680 g/mol. The van der Waals surface area contributed by atoms with Gasteiger partial charge >= 0.3 is 5.97 Å². The van der Waals surface area contributed by atoms with Crippen LogP contribution in [0.25, 0.3) is 11.1 Å².